The van der Waals surface area contributed by atoms with Crippen LogP contribution in [0.1, 0.15) is 50.3 Å². The van der Waals surface area contributed by atoms with E-state index < -0.39 is 0 Å². The van der Waals surface area contributed by atoms with Gasteiger partial charge in [-0.25, -0.2) is 0 Å². The zero-order valence-electron chi connectivity index (χ0n) is 12.8. The second-order valence-electron chi connectivity index (χ2n) is 5.61. The maximum atomic E-state index is 6.11. The molecule has 0 saturated carbocycles. The molecule has 1 heterocycles. The molecule has 0 aliphatic carbocycles. The first-order valence-corrected chi connectivity index (χ1v) is 7.85. The highest BCUT2D eigenvalue weighted by atomic mass is 16.5. The highest BCUT2D eigenvalue weighted by molar-refractivity contribution is 5.32. The van der Waals surface area contributed by atoms with Crippen LogP contribution in [-0.4, -0.2) is 19.2 Å². The minimum Gasteiger partial charge on any atom is -0.372 e. The average molecular weight is 273 g/mol. The molecule has 0 aromatic heterocycles. The van der Waals surface area contributed by atoms with Crippen LogP contribution in [0.25, 0.3) is 0 Å². The molecule has 0 spiro atoms. The van der Waals surface area contributed by atoms with E-state index in [9.17, 15) is 0 Å². The lowest BCUT2D eigenvalue weighted by Gasteiger charge is -2.33. The molecule has 1 aromatic rings. The van der Waals surface area contributed by atoms with Gasteiger partial charge in [-0.2, -0.15) is 0 Å². The number of rotatable bonds is 7. The van der Waals surface area contributed by atoms with E-state index in [1.54, 1.807) is 0 Å². The van der Waals surface area contributed by atoms with Gasteiger partial charge in [0.05, 0.1) is 12.7 Å². The number of hydrogen-bond acceptors (Lipinski definition) is 2. The minimum atomic E-state index is 0.162. The second-order valence-corrected chi connectivity index (χ2v) is 5.61. The maximum absolute atomic E-state index is 6.11. The first-order valence-electron chi connectivity index (χ1n) is 7.85. The third kappa shape index (κ3) is 3.71. The molecule has 1 aliphatic rings. The fourth-order valence-electron chi connectivity index (χ4n) is 2.83. The molecule has 2 unspecified atom stereocenters. The van der Waals surface area contributed by atoms with Crippen molar-refractivity contribution in [2.75, 3.05) is 13.2 Å². The fourth-order valence-corrected chi connectivity index (χ4v) is 2.83. The number of nitrogens with one attached hydrogen (secondary N) is 1. The van der Waals surface area contributed by atoms with Gasteiger partial charge in [0.25, 0.3) is 0 Å². The topological polar surface area (TPSA) is 21.3 Å². The van der Waals surface area contributed by atoms with Gasteiger partial charge in [0.1, 0.15) is 0 Å². The molecule has 20 heavy (non-hydrogen) atoms. The molecule has 2 nitrogen and oxygen atoms in total. The van der Waals surface area contributed by atoms with Gasteiger partial charge < -0.3 is 10.1 Å². The fraction of sp³-hybridized carbons (Fsp3) is 0.556. The van der Waals surface area contributed by atoms with Gasteiger partial charge in [-0.3, -0.25) is 0 Å². The van der Waals surface area contributed by atoms with Crippen LogP contribution < -0.4 is 5.32 Å². The first kappa shape index (κ1) is 15.3. The molecule has 0 saturated heterocycles. The normalized spacial score (nSPS) is 19.4. The van der Waals surface area contributed by atoms with Crippen LogP contribution in [0.3, 0.4) is 0 Å². The van der Waals surface area contributed by atoms with E-state index >= 15 is 0 Å². The van der Waals surface area contributed by atoms with Crippen LogP contribution in [0.5, 0.6) is 0 Å². The van der Waals surface area contributed by atoms with Crippen molar-refractivity contribution in [2.24, 2.45) is 0 Å². The molecule has 1 aromatic carbocycles. The quantitative estimate of drug-likeness (QED) is 0.757. The van der Waals surface area contributed by atoms with Crippen LogP contribution in [0.4, 0.5) is 0 Å². The second kappa shape index (κ2) is 7.61. The summed E-state index contributed by atoms with van der Waals surface area (Å²) < 4.78 is 6.11. The number of benzene rings is 1. The number of hydrogen-bond donors (Lipinski definition) is 1. The van der Waals surface area contributed by atoms with Crippen molar-refractivity contribution in [1.29, 1.82) is 0 Å². The van der Waals surface area contributed by atoms with Gasteiger partial charge in [0.2, 0.25) is 0 Å². The monoisotopic (exact) mass is 273 g/mol. The smallest absolute Gasteiger partial charge is 0.0983 e. The van der Waals surface area contributed by atoms with Crippen LogP contribution in [0.15, 0.2) is 36.4 Å². The van der Waals surface area contributed by atoms with E-state index in [4.69, 9.17) is 4.74 Å². The van der Waals surface area contributed by atoms with Crippen molar-refractivity contribution in [3.8, 4) is 0 Å². The van der Waals surface area contributed by atoms with Crippen LogP contribution >= 0.6 is 0 Å². The molecule has 110 valence electrons. The van der Waals surface area contributed by atoms with Gasteiger partial charge in [-0.1, -0.05) is 50.3 Å². The predicted molar refractivity (Wildman–Crippen MR) is 85.0 cm³/mol. The predicted octanol–water partition coefficient (Wildman–Crippen LogP) is 4.02. The van der Waals surface area contributed by atoms with Crippen molar-refractivity contribution in [2.45, 2.75) is 51.7 Å². The van der Waals surface area contributed by atoms with E-state index in [0.717, 1.165) is 38.8 Å². The molecule has 0 radical (unpaired) electrons. The molecular weight excluding hydrogens is 246 g/mol. The SMILES string of the molecule is C=C(CC)CC(NCCC)C1OCCc2ccccc21. The van der Waals surface area contributed by atoms with Crippen molar-refractivity contribution in [1.82, 2.24) is 5.32 Å². The van der Waals surface area contributed by atoms with Crippen molar-refractivity contribution >= 4 is 0 Å². The zero-order valence-corrected chi connectivity index (χ0v) is 12.8. The molecule has 0 amide bonds. The van der Waals surface area contributed by atoms with Crippen LogP contribution in [0.2, 0.25) is 0 Å². The van der Waals surface area contributed by atoms with E-state index in [0.29, 0.717) is 6.04 Å². The molecule has 0 bridgehead atoms. The summed E-state index contributed by atoms with van der Waals surface area (Å²) in [5.74, 6) is 0. The van der Waals surface area contributed by atoms with Gasteiger partial charge >= 0.3 is 0 Å². The summed E-state index contributed by atoms with van der Waals surface area (Å²) in [6, 6.07) is 9.03. The maximum Gasteiger partial charge on any atom is 0.0983 e. The number of fused-ring (bicyclic) bond motifs is 1. The molecule has 2 rings (SSSR count). The standard InChI is InChI=1S/C18H27NO/c1-4-11-19-17(13-14(3)5-2)18-16-9-7-6-8-15(16)10-12-20-18/h6-9,17-19H,3-5,10-13H2,1-2H3. The van der Waals surface area contributed by atoms with Gasteiger partial charge in [0, 0.05) is 6.04 Å². The average Bonchev–Trinajstić information content (AvgIpc) is 2.50. The lowest BCUT2D eigenvalue weighted by Crippen LogP contribution is -2.39. The Bertz CT molecular complexity index is 441. The number of ether oxygens (including phenoxy) is 1. The van der Waals surface area contributed by atoms with Crippen molar-refractivity contribution < 1.29 is 4.74 Å². The van der Waals surface area contributed by atoms with Crippen LogP contribution in [-0.2, 0) is 11.2 Å². The summed E-state index contributed by atoms with van der Waals surface area (Å²) in [7, 11) is 0. The third-order valence-corrected chi connectivity index (χ3v) is 4.06. The van der Waals surface area contributed by atoms with Gasteiger partial charge in [-0.05, 0) is 43.4 Å². The zero-order chi connectivity index (χ0) is 14.4. The Morgan fingerprint density at radius 2 is 2.20 bits per heavy atom. The molecule has 1 N–H and O–H groups in total. The summed E-state index contributed by atoms with van der Waals surface area (Å²) in [5, 5.41) is 3.66. The molecule has 2 atom stereocenters. The summed E-state index contributed by atoms with van der Waals surface area (Å²) in [4.78, 5) is 0. The molecule has 2 heteroatoms. The van der Waals surface area contributed by atoms with Crippen LogP contribution in [0, 0.1) is 0 Å². The summed E-state index contributed by atoms with van der Waals surface area (Å²) in [6.45, 7) is 10.4. The lowest BCUT2D eigenvalue weighted by molar-refractivity contribution is 0.0153. The molecule has 0 fully saturated rings. The molecule has 1 aliphatic heterocycles. The first-order chi connectivity index (χ1) is 9.76. The summed E-state index contributed by atoms with van der Waals surface area (Å²) in [5.41, 5.74) is 4.09. The largest absolute Gasteiger partial charge is 0.372 e. The third-order valence-electron chi connectivity index (χ3n) is 4.06. The highest BCUT2D eigenvalue weighted by Crippen LogP contribution is 2.32. The van der Waals surface area contributed by atoms with Gasteiger partial charge in [0.15, 0.2) is 0 Å². The van der Waals surface area contributed by atoms with Crippen molar-refractivity contribution in [3.05, 3.63) is 47.5 Å². The highest BCUT2D eigenvalue weighted by Gasteiger charge is 2.28. The Hall–Kier alpha value is -1.12. The Balaban J connectivity index is 2.18. The van der Waals surface area contributed by atoms with Gasteiger partial charge in [-0.15, -0.1) is 0 Å². The Morgan fingerprint density at radius 3 is 2.95 bits per heavy atom. The van der Waals surface area contributed by atoms with E-state index in [2.05, 4.69) is 50.0 Å². The van der Waals surface area contributed by atoms with E-state index in [1.807, 2.05) is 0 Å². The molecular formula is C18H27NO. The van der Waals surface area contributed by atoms with E-state index in [-0.39, 0.29) is 6.10 Å². The minimum absolute atomic E-state index is 0.162. The van der Waals surface area contributed by atoms with E-state index in [1.165, 1.54) is 16.7 Å². The Morgan fingerprint density at radius 1 is 1.40 bits per heavy atom. The summed E-state index contributed by atoms with van der Waals surface area (Å²) in [6.07, 6.45) is 4.37. The van der Waals surface area contributed by atoms with Crippen molar-refractivity contribution in [3.63, 3.8) is 0 Å². The Kier molecular flexibility index (Phi) is 5.81. The summed E-state index contributed by atoms with van der Waals surface area (Å²) >= 11 is 0. The Labute approximate surface area is 123 Å². The lowest BCUT2D eigenvalue weighted by atomic mass is 9.90.